The topological polar surface area (TPSA) is 104 Å². The summed E-state index contributed by atoms with van der Waals surface area (Å²) in [6.45, 7) is 3.53. The lowest BCUT2D eigenvalue weighted by molar-refractivity contribution is -0.146. The zero-order valence-corrected chi connectivity index (χ0v) is 20.7. The van der Waals surface area contributed by atoms with E-state index in [1.165, 1.54) is 11.3 Å². The van der Waals surface area contributed by atoms with Gasteiger partial charge in [-0.3, -0.25) is 14.6 Å². The number of hydrogen-bond donors (Lipinski definition) is 1. The van der Waals surface area contributed by atoms with Crippen LogP contribution in [0.3, 0.4) is 0 Å². The Balaban J connectivity index is 1.20. The molecule has 6 atom stereocenters. The number of aromatic nitrogens is 3. The van der Waals surface area contributed by atoms with Crippen LogP contribution in [0.2, 0.25) is 0 Å². The molecule has 5 saturated heterocycles. The van der Waals surface area contributed by atoms with Crippen LogP contribution >= 0.6 is 27.3 Å². The molecule has 2 aromatic heterocycles. The average molecular weight is 555 g/mol. The van der Waals surface area contributed by atoms with Gasteiger partial charge in [-0.15, -0.1) is 0 Å². The highest BCUT2D eigenvalue weighted by atomic mass is 79.9. The third kappa shape index (κ3) is 3.00. The number of ether oxygens (including phenoxy) is 2. The molecule has 0 spiro atoms. The lowest BCUT2D eigenvalue weighted by Gasteiger charge is -2.35. The van der Waals surface area contributed by atoms with Gasteiger partial charge in [0, 0.05) is 26.1 Å². The molecule has 0 saturated carbocycles. The number of anilines is 1. The van der Waals surface area contributed by atoms with Crippen molar-refractivity contribution in [1.82, 2.24) is 24.8 Å². The normalized spacial score (nSPS) is 38.7. The molecule has 7 rings (SSSR count). The Kier molecular flexibility index (Phi) is 4.71. The molecular formula is C21H24BrFN6O4S. The van der Waals surface area contributed by atoms with E-state index in [9.17, 15) is 14.3 Å². The molecule has 5 aliphatic heterocycles. The molecule has 0 aliphatic carbocycles. The minimum Gasteiger partial charge on any atom is -0.480 e. The van der Waals surface area contributed by atoms with E-state index < -0.39 is 17.7 Å². The number of nitrogens with zero attached hydrogens (tertiary/aromatic N) is 6. The summed E-state index contributed by atoms with van der Waals surface area (Å²) in [6, 6.07) is 0.104. The van der Waals surface area contributed by atoms with Gasteiger partial charge in [-0.1, -0.05) is 11.3 Å². The number of morpholine rings is 1. The van der Waals surface area contributed by atoms with Gasteiger partial charge in [0.25, 0.3) is 0 Å². The van der Waals surface area contributed by atoms with Crippen LogP contribution in [0.1, 0.15) is 19.3 Å². The Morgan fingerprint density at radius 1 is 1.32 bits per heavy atom. The fraction of sp³-hybridized carbons (Fsp3) is 0.714. The number of piperazine rings is 1. The number of carboxylic acids is 1. The molecule has 5 fully saturated rings. The number of carbonyl (C=O) groups is 1. The second-order valence-electron chi connectivity index (χ2n) is 10.0. The third-order valence-corrected chi connectivity index (χ3v) is 9.63. The van der Waals surface area contributed by atoms with E-state index in [1.807, 2.05) is 0 Å². The van der Waals surface area contributed by atoms with Gasteiger partial charge in [0.2, 0.25) is 0 Å². The summed E-state index contributed by atoms with van der Waals surface area (Å²) in [5.74, 6) is -0.185. The molecule has 13 heteroatoms. The molecule has 182 valence electrons. The number of halogens is 2. The van der Waals surface area contributed by atoms with Crippen LogP contribution in [-0.2, 0) is 9.53 Å². The predicted molar refractivity (Wildman–Crippen MR) is 124 cm³/mol. The van der Waals surface area contributed by atoms with Gasteiger partial charge in [-0.2, -0.15) is 9.97 Å². The summed E-state index contributed by atoms with van der Waals surface area (Å²) in [7, 11) is 0. The van der Waals surface area contributed by atoms with Crippen LogP contribution in [0.15, 0.2) is 3.92 Å². The first-order valence-electron chi connectivity index (χ1n) is 11.6. The van der Waals surface area contributed by atoms with E-state index >= 15 is 0 Å². The van der Waals surface area contributed by atoms with Gasteiger partial charge in [-0.25, -0.2) is 9.37 Å². The lowest BCUT2D eigenvalue weighted by Crippen LogP contribution is -2.50. The summed E-state index contributed by atoms with van der Waals surface area (Å²) in [5.41, 5.74) is -0.556. The van der Waals surface area contributed by atoms with Crippen molar-refractivity contribution in [3.8, 4) is 6.01 Å². The van der Waals surface area contributed by atoms with Crippen LogP contribution in [0, 0.1) is 0 Å². The minimum atomic E-state index is -0.942. The van der Waals surface area contributed by atoms with Crippen molar-refractivity contribution in [2.45, 2.75) is 48.6 Å². The SMILES string of the molecule is O=C(O)C12COCC3CN(c4nc(OC[C@@]56CCCN5CC(F)C6)nc5sc(Br)nc45)CC1N32. The quantitative estimate of drug-likeness (QED) is 0.547. The molecular weight excluding hydrogens is 531 g/mol. The molecule has 0 radical (unpaired) electrons. The molecule has 2 aromatic rings. The van der Waals surface area contributed by atoms with Gasteiger partial charge in [0.15, 0.2) is 20.1 Å². The smallest absolute Gasteiger partial charge is 0.328 e. The van der Waals surface area contributed by atoms with E-state index in [2.05, 4.69) is 40.6 Å². The maximum atomic E-state index is 14.2. The first kappa shape index (κ1) is 21.6. The summed E-state index contributed by atoms with van der Waals surface area (Å²) < 4.78 is 26.7. The Labute approximate surface area is 207 Å². The number of hydrogen-bond acceptors (Lipinski definition) is 10. The second-order valence-corrected chi connectivity index (χ2v) is 12.3. The minimum absolute atomic E-state index is 0.0222. The van der Waals surface area contributed by atoms with Crippen molar-refractivity contribution in [2.24, 2.45) is 0 Å². The molecule has 5 aliphatic rings. The van der Waals surface area contributed by atoms with Crippen molar-refractivity contribution in [2.75, 3.05) is 50.9 Å². The van der Waals surface area contributed by atoms with E-state index in [0.717, 1.165) is 19.4 Å². The Bertz CT molecular complexity index is 1190. The van der Waals surface area contributed by atoms with Gasteiger partial charge in [0.1, 0.15) is 18.3 Å². The molecule has 7 heterocycles. The average Bonchev–Trinajstić information content (AvgIpc) is 3.03. The third-order valence-electron chi connectivity index (χ3n) is 8.22. The van der Waals surface area contributed by atoms with Crippen LogP contribution in [0.4, 0.5) is 10.2 Å². The molecule has 34 heavy (non-hydrogen) atoms. The van der Waals surface area contributed by atoms with E-state index in [-0.39, 0.29) is 30.2 Å². The lowest BCUT2D eigenvalue weighted by atomic mass is 9.95. The fourth-order valence-corrected chi connectivity index (χ4v) is 7.99. The number of alkyl halides is 1. The maximum absolute atomic E-state index is 14.2. The van der Waals surface area contributed by atoms with Gasteiger partial charge in [0.05, 0.1) is 30.8 Å². The van der Waals surface area contributed by atoms with Gasteiger partial charge >= 0.3 is 12.0 Å². The fourth-order valence-electron chi connectivity index (χ4n) is 6.70. The van der Waals surface area contributed by atoms with E-state index in [0.29, 0.717) is 59.4 Å². The molecule has 0 bridgehead atoms. The van der Waals surface area contributed by atoms with E-state index in [1.54, 1.807) is 0 Å². The summed E-state index contributed by atoms with van der Waals surface area (Å²) in [4.78, 5) is 33.1. The monoisotopic (exact) mass is 554 g/mol. The summed E-state index contributed by atoms with van der Waals surface area (Å²) in [5, 5.41) is 9.90. The molecule has 5 unspecified atom stereocenters. The number of fused-ring (bicyclic) bond motifs is 3. The summed E-state index contributed by atoms with van der Waals surface area (Å²) >= 11 is 4.87. The maximum Gasteiger partial charge on any atom is 0.328 e. The largest absolute Gasteiger partial charge is 0.480 e. The van der Waals surface area contributed by atoms with Crippen LogP contribution in [0.5, 0.6) is 6.01 Å². The highest BCUT2D eigenvalue weighted by molar-refractivity contribution is 9.11. The van der Waals surface area contributed by atoms with Crippen molar-refractivity contribution >= 4 is 49.4 Å². The number of thiazole rings is 1. The molecule has 0 amide bonds. The number of carboxylic acid groups (broad SMARTS) is 1. The van der Waals surface area contributed by atoms with Crippen molar-refractivity contribution in [1.29, 1.82) is 0 Å². The van der Waals surface area contributed by atoms with Gasteiger partial charge in [-0.05, 0) is 35.3 Å². The Morgan fingerprint density at radius 2 is 2.21 bits per heavy atom. The highest BCUT2D eigenvalue weighted by Crippen LogP contribution is 2.50. The Morgan fingerprint density at radius 3 is 3.06 bits per heavy atom. The standard InChI is InChI=1S/C21H24BrFN6O4S/c22-18-24-14-15(27-6-12-8-32-10-21(17(30)31)13(7-27)29(12)21)25-19(26-16(14)34-18)33-9-20-2-1-3-28(20)5-11(23)4-20/h11-13H,1-10H2,(H,30,31)/t11?,12?,13?,20-,21?,29?/m0/s1. The van der Waals surface area contributed by atoms with E-state index in [4.69, 9.17) is 14.5 Å². The first-order valence-corrected chi connectivity index (χ1v) is 13.2. The zero-order chi connectivity index (χ0) is 23.2. The zero-order valence-electron chi connectivity index (χ0n) is 18.3. The predicted octanol–water partition coefficient (Wildman–Crippen LogP) is 1.53. The second kappa shape index (κ2) is 7.42. The molecule has 1 N–H and O–H groups in total. The van der Waals surface area contributed by atoms with Crippen molar-refractivity contribution in [3.05, 3.63) is 3.92 Å². The van der Waals surface area contributed by atoms with Crippen LogP contribution < -0.4 is 9.64 Å². The Hall–Kier alpha value is -1.67. The van der Waals surface area contributed by atoms with Crippen molar-refractivity contribution in [3.63, 3.8) is 0 Å². The number of rotatable bonds is 5. The van der Waals surface area contributed by atoms with Crippen molar-refractivity contribution < 1.29 is 23.8 Å². The van der Waals surface area contributed by atoms with Crippen LogP contribution in [0.25, 0.3) is 10.3 Å². The first-order chi connectivity index (χ1) is 16.4. The highest BCUT2D eigenvalue weighted by Gasteiger charge is 2.74. The summed E-state index contributed by atoms with van der Waals surface area (Å²) in [6.07, 6.45) is 1.62. The number of aliphatic carboxylic acids is 1. The van der Waals surface area contributed by atoms with Gasteiger partial charge < -0.3 is 19.5 Å². The van der Waals surface area contributed by atoms with Crippen LogP contribution in [-0.4, -0.2) is 111 Å². The molecule has 10 nitrogen and oxygen atoms in total. The molecule has 0 aromatic carbocycles.